The van der Waals surface area contributed by atoms with Crippen LogP contribution in [0, 0.1) is 0 Å². The SMILES string of the molecule is C=C(C)C(=O)N(CC(O)COCCOCCC1OCCO1)[N+](C)(C)CCC.[Cl-]. The molecule has 0 radical (unpaired) electrons. The Bertz CT molecular complexity index is 458. The molecule has 1 aliphatic rings. The van der Waals surface area contributed by atoms with Gasteiger partial charge in [-0.05, 0) is 13.3 Å². The molecule has 0 aromatic heterocycles. The van der Waals surface area contributed by atoms with Crippen LogP contribution < -0.4 is 12.4 Å². The summed E-state index contributed by atoms with van der Waals surface area (Å²) in [4.78, 5) is 12.5. The van der Waals surface area contributed by atoms with Crippen molar-refractivity contribution in [1.29, 1.82) is 0 Å². The van der Waals surface area contributed by atoms with Gasteiger partial charge in [0.05, 0.1) is 53.7 Å². The van der Waals surface area contributed by atoms with E-state index in [9.17, 15) is 9.90 Å². The molecule has 1 aliphatic heterocycles. The van der Waals surface area contributed by atoms with Gasteiger partial charge in [0, 0.05) is 12.0 Å². The molecule has 1 N–H and O–H groups in total. The smallest absolute Gasteiger partial charge is 0.293 e. The largest absolute Gasteiger partial charge is 1.00 e. The Morgan fingerprint density at radius 3 is 2.43 bits per heavy atom. The molecule has 0 bridgehead atoms. The molecular weight excluding hydrogens is 388 g/mol. The van der Waals surface area contributed by atoms with Crippen molar-refractivity contribution in [3.8, 4) is 0 Å². The maximum atomic E-state index is 12.5. The van der Waals surface area contributed by atoms with Gasteiger partial charge >= 0.3 is 0 Å². The van der Waals surface area contributed by atoms with E-state index in [1.807, 2.05) is 14.1 Å². The van der Waals surface area contributed by atoms with Crippen LogP contribution in [-0.4, -0.2) is 99.8 Å². The highest BCUT2D eigenvalue weighted by molar-refractivity contribution is 5.91. The van der Waals surface area contributed by atoms with Gasteiger partial charge in [-0.3, -0.25) is 4.79 Å². The van der Waals surface area contributed by atoms with Crippen LogP contribution >= 0.6 is 0 Å². The molecule has 8 nitrogen and oxygen atoms in total. The van der Waals surface area contributed by atoms with Gasteiger partial charge in [-0.2, -0.15) is 5.01 Å². The van der Waals surface area contributed by atoms with Crippen LogP contribution in [0.4, 0.5) is 0 Å². The van der Waals surface area contributed by atoms with E-state index in [0.29, 0.717) is 49.6 Å². The average molecular weight is 425 g/mol. The Morgan fingerprint density at radius 1 is 1.25 bits per heavy atom. The third-order valence-corrected chi connectivity index (χ3v) is 4.28. The van der Waals surface area contributed by atoms with Crippen molar-refractivity contribution in [2.24, 2.45) is 0 Å². The number of rotatable bonds is 14. The molecule has 1 unspecified atom stereocenters. The summed E-state index contributed by atoms with van der Waals surface area (Å²) in [6.45, 7) is 11.3. The van der Waals surface area contributed by atoms with Crippen LogP contribution in [0.1, 0.15) is 26.7 Å². The number of aliphatic hydroxyl groups excluding tert-OH is 1. The first-order chi connectivity index (χ1) is 12.8. The summed E-state index contributed by atoms with van der Waals surface area (Å²) in [6, 6.07) is 0. The Hall–Kier alpha value is -0.740. The lowest BCUT2D eigenvalue weighted by Crippen LogP contribution is -3.00. The lowest BCUT2D eigenvalue weighted by atomic mass is 10.2. The van der Waals surface area contributed by atoms with Crippen molar-refractivity contribution in [2.75, 3.05) is 66.8 Å². The van der Waals surface area contributed by atoms with E-state index in [0.717, 1.165) is 13.0 Å². The summed E-state index contributed by atoms with van der Waals surface area (Å²) in [5.74, 6) is -0.160. The fourth-order valence-corrected chi connectivity index (χ4v) is 2.88. The van der Waals surface area contributed by atoms with E-state index >= 15 is 0 Å². The fourth-order valence-electron chi connectivity index (χ4n) is 2.88. The first kappa shape index (κ1) is 27.3. The number of halogens is 1. The van der Waals surface area contributed by atoms with Gasteiger partial charge in [0.25, 0.3) is 5.91 Å². The second-order valence-electron chi connectivity index (χ2n) is 7.31. The van der Waals surface area contributed by atoms with Crippen LogP contribution in [0.2, 0.25) is 0 Å². The summed E-state index contributed by atoms with van der Waals surface area (Å²) in [7, 11) is 3.90. The number of nitrogens with zero attached hydrogens (tertiary/aromatic N) is 2. The van der Waals surface area contributed by atoms with E-state index in [1.54, 1.807) is 11.9 Å². The monoisotopic (exact) mass is 424 g/mol. The highest BCUT2D eigenvalue weighted by atomic mass is 35.5. The van der Waals surface area contributed by atoms with Gasteiger partial charge < -0.3 is 36.5 Å². The number of quaternary nitrogens is 1. The van der Waals surface area contributed by atoms with Crippen molar-refractivity contribution >= 4 is 5.91 Å². The summed E-state index contributed by atoms with van der Waals surface area (Å²) < 4.78 is 22.0. The third kappa shape index (κ3) is 10.2. The van der Waals surface area contributed by atoms with Crippen LogP contribution in [0.15, 0.2) is 12.2 Å². The van der Waals surface area contributed by atoms with Gasteiger partial charge in [0.1, 0.15) is 19.2 Å². The molecule has 1 amide bonds. The number of hydrogen-bond donors (Lipinski definition) is 1. The highest BCUT2D eigenvalue weighted by Crippen LogP contribution is 2.12. The first-order valence-electron chi connectivity index (χ1n) is 9.65. The second-order valence-corrected chi connectivity index (χ2v) is 7.31. The fraction of sp³-hybridized carbons (Fsp3) is 0.842. The van der Waals surface area contributed by atoms with Gasteiger partial charge in [-0.15, -0.1) is 0 Å². The predicted molar refractivity (Wildman–Crippen MR) is 102 cm³/mol. The Labute approximate surface area is 175 Å². The minimum atomic E-state index is -0.775. The molecule has 1 fully saturated rings. The average Bonchev–Trinajstić information content (AvgIpc) is 3.11. The molecule has 166 valence electrons. The second kappa shape index (κ2) is 14.3. The molecule has 0 spiro atoms. The standard InChI is InChI=1S/C19H37N2O6.ClH/c1-6-8-21(4,5)20(19(23)16(2)3)14-17(22)15-25-11-10-24-9-7-18-26-12-13-27-18;/h17-18,22H,2,6-15H2,1,3-5H3;1H/q+1;/p-1. The molecule has 1 saturated heterocycles. The first-order valence-corrected chi connectivity index (χ1v) is 9.65. The zero-order valence-corrected chi connectivity index (χ0v) is 18.4. The lowest BCUT2D eigenvalue weighted by Gasteiger charge is -2.40. The van der Waals surface area contributed by atoms with E-state index in [2.05, 4.69) is 13.5 Å². The van der Waals surface area contributed by atoms with Gasteiger partial charge in [-0.25, -0.2) is 4.59 Å². The molecule has 0 saturated carbocycles. The molecule has 0 aromatic rings. The molecule has 28 heavy (non-hydrogen) atoms. The maximum absolute atomic E-state index is 12.5. The quantitative estimate of drug-likeness (QED) is 0.150. The normalized spacial score (nSPS) is 15.9. The Kier molecular flexibility index (Phi) is 13.9. The Balaban J connectivity index is 0.00000729. The third-order valence-electron chi connectivity index (χ3n) is 4.28. The number of ether oxygens (including phenoxy) is 4. The van der Waals surface area contributed by atoms with Crippen molar-refractivity contribution in [1.82, 2.24) is 5.01 Å². The van der Waals surface area contributed by atoms with Crippen LogP contribution in [0.3, 0.4) is 0 Å². The molecule has 9 heteroatoms. The summed E-state index contributed by atoms with van der Waals surface area (Å²) in [5, 5.41) is 11.9. The van der Waals surface area contributed by atoms with E-state index in [-0.39, 0.29) is 37.8 Å². The van der Waals surface area contributed by atoms with Crippen LogP contribution in [-0.2, 0) is 23.7 Å². The van der Waals surface area contributed by atoms with Crippen LogP contribution in [0.5, 0.6) is 0 Å². The van der Waals surface area contributed by atoms with E-state index in [1.165, 1.54) is 0 Å². The number of amides is 1. The molecule has 1 rings (SSSR count). The molecular formula is C19H37ClN2O6. The molecule has 1 heterocycles. The predicted octanol–water partition coefficient (Wildman–Crippen LogP) is -2.05. The summed E-state index contributed by atoms with van der Waals surface area (Å²) in [6.07, 6.45) is 0.691. The zero-order valence-electron chi connectivity index (χ0n) is 17.7. The number of carbonyl (C=O) groups is 1. The number of aliphatic hydroxyl groups is 1. The van der Waals surface area contributed by atoms with Crippen molar-refractivity contribution < 1.29 is 45.8 Å². The van der Waals surface area contributed by atoms with E-state index < -0.39 is 6.10 Å². The van der Waals surface area contributed by atoms with Crippen molar-refractivity contribution in [3.05, 3.63) is 12.2 Å². The maximum Gasteiger partial charge on any atom is 0.293 e. The molecule has 0 aliphatic carbocycles. The summed E-state index contributed by atoms with van der Waals surface area (Å²) >= 11 is 0. The topological polar surface area (TPSA) is 77.5 Å². The zero-order chi connectivity index (χ0) is 20.3. The van der Waals surface area contributed by atoms with Gasteiger partial charge in [-0.1, -0.05) is 13.5 Å². The summed E-state index contributed by atoms with van der Waals surface area (Å²) in [5.41, 5.74) is 0.453. The molecule has 0 aromatic carbocycles. The van der Waals surface area contributed by atoms with Gasteiger partial charge in [0.2, 0.25) is 0 Å². The number of carbonyl (C=O) groups excluding carboxylic acids is 1. The van der Waals surface area contributed by atoms with Crippen molar-refractivity contribution in [3.63, 3.8) is 0 Å². The van der Waals surface area contributed by atoms with Crippen LogP contribution in [0.25, 0.3) is 0 Å². The van der Waals surface area contributed by atoms with Gasteiger partial charge in [0.15, 0.2) is 6.29 Å². The number of hydrogen-bond acceptors (Lipinski definition) is 6. The lowest BCUT2D eigenvalue weighted by molar-refractivity contribution is -0.991. The van der Waals surface area contributed by atoms with E-state index in [4.69, 9.17) is 18.9 Å². The molecule has 1 atom stereocenters. The van der Waals surface area contributed by atoms with Crippen molar-refractivity contribution in [2.45, 2.75) is 39.1 Å². The Morgan fingerprint density at radius 2 is 1.86 bits per heavy atom. The minimum absolute atomic E-state index is 0. The highest BCUT2D eigenvalue weighted by Gasteiger charge is 2.32. The minimum Gasteiger partial charge on any atom is -1.00 e.